The molecule has 2 N–H and O–H groups in total. The fourth-order valence-electron chi connectivity index (χ4n) is 1.27. The predicted molar refractivity (Wildman–Crippen MR) is 59.4 cm³/mol. The van der Waals surface area contributed by atoms with Gasteiger partial charge < -0.3 is 9.84 Å². The molecule has 5 nitrogen and oxygen atoms in total. The van der Waals surface area contributed by atoms with Gasteiger partial charge >= 0.3 is 0 Å². The number of hydrogen-bond acceptors (Lipinski definition) is 4. The molecular weight excluding hydrogens is 249 g/mol. The van der Waals surface area contributed by atoms with Gasteiger partial charge in [0.1, 0.15) is 5.82 Å². The molecule has 1 aromatic carbocycles. The number of halogens is 1. The van der Waals surface area contributed by atoms with Crippen LogP contribution in [0.25, 0.3) is 0 Å². The van der Waals surface area contributed by atoms with Crippen LogP contribution in [0.2, 0.25) is 0 Å². The van der Waals surface area contributed by atoms with Crippen LogP contribution < -0.4 is 4.72 Å². The number of benzene rings is 1. The molecule has 1 rings (SSSR count). The van der Waals surface area contributed by atoms with Gasteiger partial charge in [-0.15, -0.1) is 0 Å². The smallest absolute Gasteiger partial charge is 0.241 e. The summed E-state index contributed by atoms with van der Waals surface area (Å²) in [5, 5.41) is 9.00. The molecule has 0 aliphatic rings. The van der Waals surface area contributed by atoms with Crippen molar-refractivity contribution in [2.24, 2.45) is 0 Å². The van der Waals surface area contributed by atoms with Gasteiger partial charge in [-0.3, -0.25) is 0 Å². The highest BCUT2D eigenvalue weighted by molar-refractivity contribution is 7.89. The predicted octanol–water partition coefficient (Wildman–Crippen LogP) is 0.243. The molecule has 0 aromatic heterocycles. The third kappa shape index (κ3) is 3.74. The molecule has 0 amide bonds. The lowest BCUT2D eigenvalue weighted by molar-refractivity contribution is 0.204. The second-order valence-corrected chi connectivity index (χ2v) is 5.04. The molecule has 0 aliphatic heterocycles. The van der Waals surface area contributed by atoms with Gasteiger partial charge in [0.05, 0.1) is 18.1 Å². The summed E-state index contributed by atoms with van der Waals surface area (Å²) in [6.45, 7) is -0.177. The van der Waals surface area contributed by atoms with Crippen LogP contribution in [-0.2, 0) is 21.4 Å². The van der Waals surface area contributed by atoms with Crippen LogP contribution in [0, 0.1) is 5.82 Å². The van der Waals surface area contributed by atoms with E-state index in [4.69, 9.17) is 9.84 Å². The minimum absolute atomic E-state index is 0.0835. The van der Waals surface area contributed by atoms with Gasteiger partial charge in [0, 0.05) is 13.7 Å². The van der Waals surface area contributed by atoms with Gasteiger partial charge in [0.15, 0.2) is 0 Å². The third-order valence-electron chi connectivity index (χ3n) is 2.09. The lowest BCUT2D eigenvalue weighted by atomic mass is 10.2. The Kier molecular flexibility index (Phi) is 5.01. The number of rotatable bonds is 6. The maximum Gasteiger partial charge on any atom is 0.241 e. The molecule has 0 aliphatic carbocycles. The molecule has 0 radical (unpaired) electrons. The highest BCUT2D eigenvalue weighted by atomic mass is 32.2. The molecule has 0 fully saturated rings. The van der Waals surface area contributed by atoms with Crippen molar-refractivity contribution >= 4 is 10.0 Å². The SMILES string of the molecule is COCCNS(=O)(=O)c1cc(F)ccc1CO. The van der Waals surface area contributed by atoms with Crippen molar-refractivity contribution in [2.45, 2.75) is 11.5 Å². The first kappa shape index (κ1) is 14.0. The maximum absolute atomic E-state index is 13.0. The van der Waals surface area contributed by atoms with Gasteiger partial charge in [-0.2, -0.15) is 0 Å². The van der Waals surface area contributed by atoms with Crippen molar-refractivity contribution in [1.29, 1.82) is 0 Å². The summed E-state index contributed by atoms with van der Waals surface area (Å²) < 4.78 is 43.5. The molecule has 17 heavy (non-hydrogen) atoms. The molecule has 96 valence electrons. The summed E-state index contributed by atoms with van der Waals surface area (Å²) in [6.07, 6.45) is 0. The first-order valence-electron chi connectivity index (χ1n) is 4.89. The Morgan fingerprint density at radius 2 is 2.18 bits per heavy atom. The minimum atomic E-state index is -3.83. The summed E-state index contributed by atoms with van der Waals surface area (Å²) in [4.78, 5) is -0.254. The largest absolute Gasteiger partial charge is 0.392 e. The second kappa shape index (κ2) is 6.06. The number of ether oxygens (including phenoxy) is 1. The molecule has 0 saturated carbocycles. The highest BCUT2D eigenvalue weighted by Crippen LogP contribution is 2.17. The number of nitrogens with one attached hydrogen (secondary N) is 1. The van der Waals surface area contributed by atoms with Crippen LogP contribution in [0.1, 0.15) is 5.56 Å². The first-order chi connectivity index (χ1) is 8.01. The van der Waals surface area contributed by atoms with Gasteiger partial charge in [0.25, 0.3) is 0 Å². The third-order valence-corrected chi connectivity index (χ3v) is 3.63. The summed E-state index contributed by atoms with van der Waals surface area (Å²) in [7, 11) is -2.39. The first-order valence-corrected chi connectivity index (χ1v) is 6.37. The number of aliphatic hydroxyl groups excluding tert-OH is 1. The summed E-state index contributed by atoms with van der Waals surface area (Å²) >= 11 is 0. The minimum Gasteiger partial charge on any atom is -0.392 e. The lowest BCUT2D eigenvalue weighted by Crippen LogP contribution is -2.28. The fourth-order valence-corrected chi connectivity index (χ4v) is 2.52. The Balaban J connectivity index is 3.00. The Morgan fingerprint density at radius 1 is 1.47 bits per heavy atom. The molecule has 0 unspecified atom stereocenters. The van der Waals surface area contributed by atoms with E-state index in [0.717, 1.165) is 12.1 Å². The van der Waals surface area contributed by atoms with E-state index < -0.39 is 22.4 Å². The molecule has 0 spiro atoms. The van der Waals surface area contributed by atoms with Crippen molar-refractivity contribution in [3.05, 3.63) is 29.6 Å². The van der Waals surface area contributed by atoms with E-state index in [-0.39, 0.29) is 23.6 Å². The number of aliphatic hydroxyl groups is 1. The monoisotopic (exact) mass is 263 g/mol. The Bertz CT molecular complexity index is 475. The van der Waals surface area contributed by atoms with Gasteiger partial charge in [0.2, 0.25) is 10.0 Å². The van der Waals surface area contributed by atoms with E-state index in [2.05, 4.69) is 4.72 Å². The number of sulfonamides is 1. The topological polar surface area (TPSA) is 75.6 Å². The zero-order valence-electron chi connectivity index (χ0n) is 9.31. The maximum atomic E-state index is 13.0. The Morgan fingerprint density at radius 3 is 2.76 bits per heavy atom. The van der Waals surface area contributed by atoms with E-state index in [1.54, 1.807) is 0 Å². The zero-order chi connectivity index (χ0) is 12.9. The van der Waals surface area contributed by atoms with Crippen molar-refractivity contribution in [2.75, 3.05) is 20.3 Å². The average molecular weight is 263 g/mol. The van der Waals surface area contributed by atoms with Crippen molar-refractivity contribution in [3.8, 4) is 0 Å². The van der Waals surface area contributed by atoms with Crippen molar-refractivity contribution in [3.63, 3.8) is 0 Å². The van der Waals surface area contributed by atoms with E-state index in [0.29, 0.717) is 0 Å². The second-order valence-electron chi connectivity index (χ2n) is 3.30. The van der Waals surface area contributed by atoms with Crippen LogP contribution >= 0.6 is 0 Å². The number of hydrogen-bond donors (Lipinski definition) is 2. The summed E-state index contributed by atoms with van der Waals surface area (Å²) in [6, 6.07) is 3.21. The molecule has 0 bridgehead atoms. The molecular formula is C10H14FNO4S. The molecule has 0 heterocycles. The van der Waals surface area contributed by atoms with Crippen LogP contribution in [0.3, 0.4) is 0 Å². The normalized spacial score (nSPS) is 11.7. The summed E-state index contributed by atoms with van der Waals surface area (Å²) in [5.74, 6) is -0.672. The van der Waals surface area contributed by atoms with E-state index >= 15 is 0 Å². The van der Waals surface area contributed by atoms with Gasteiger partial charge in [-0.05, 0) is 17.7 Å². The van der Waals surface area contributed by atoms with E-state index in [9.17, 15) is 12.8 Å². The Hall–Kier alpha value is -1.02. The lowest BCUT2D eigenvalue weighted by Gasteiger charge is -2.09. The van der Waals surface area contributed by atoms with Crippen LogP contribution in [-0.4, -0.2) is 33.8 Å². The number of methoxy groups -OCH3 is 1. The van der Waals surface area contributed by atoms with E-state index in [1.807, 2.05) is 0 Å². The van der Waals surface area contributed by atoms with Crippen LogP contribution in [0.15, 0.2) is 23.1 Å². The highest BCUT2D eigenvalue weighted by Gasteiger charge is 2.18. The van der Waals surface area contributed by atoms with Gasteiger partial charge in [-0.1, -0.05) is 6.07 Å². The van der Waals surface area contributed by atoms with Crippen molar-refractivity contribution in [1.82, 2.24) is 4.72 Å². The standard InChI is InChI=1S/C10H14FNO4S/c1-16-5-4-12-17(14,15)10-6-9(11)3-2-8(10)7-13/h2-3,6,12-13H,4-5,7H2,1H3. The molecule has 0 atom stereocenters. The van der Waals surface area contributed by atoms with E-state index in [1.165, 1.54) is 13.2 Å². The average Bonchev–Trinajstić information content (AvgIpc) is 2.29. The summed E-state index contributed by atoms with van der Waals surface area (Å²) in [5.41, 5.74) is 0.149. The zero-order valence-corrected chi connectivity index (χ0v) is 10.1. The molecule has 1 aromatic rings. The van der Waals surface area contributed by atoms with Crippen LogP contribution in [0.4, 0.5) is 4.39 Å². The van der Waals surface area contributed by atoms with Gasteiger partial charge in [-0.25, -0.2) is 17.5 Å². The van der Waals surface area contributed by atoms with Crippen LogP contribution in [0.5, 0.6) is 0 Å². The van der Waals surface area contributed by atoms with Crippen molar-refractivity contribution < 1.29 is 22.7 Å². The fraction of sp³-hybridized carbons (Fsp3) is 0.400. The molecule has 0 saturated heterocycles. The Labute approximate surface area is 99.3 Å². The quantitative estimate of drug-likeness (QED) is 0.721. The molecule has 7 heteroatoms.